The molecule has 5 nitrogen and oxygen atoms in total. The molecule has 0 spiro atoms. The number of aryl methyl sites for hydroxylation is 1. The van der Waals surface area contributed by atoms with Crippen molar-refractivity contribution >= 4 is 11.9 Å². The Bertz CT molecular complexity index is 723. The maximum Gasteiger partial charge on any atom is 0.347 e. The number of carbonyl (C=O) groups excluding carboxylic acids is 2. The van der Waals surface area contributed by atoms with Gasteiger partial charge in [-0.15, -0.1) is 0 Å². The van der Waals surface area contributed by atoms with Crippen LogP contribution in [0.3, 0.4) is 0 Å². The Morgan fingerprint density at radius 1 is 1.04 bits per heavy atom. The van der Waals surface area contributed by atoms with Crippen molar-refractivity contribution in [2.24, 2.45) is 17.8 Å². The number of hydrogen-bond donors (Lipinski definition) is 1. The van der Waals surface area contributed by atoms with Crippen molar-refractivity contribution in [1.82, 2.24) is 5.32 Å². The molecule has 1 aromatic carbocycles. The highest BCUT2D eigenvalue weighted by Gasteiger charge is 2.51. The highest BCUT2D eigenvalue weighted by Crippen LogP contribution is 2.55. The largest absolute Gasteiger partial charge is 0.479 e. The summed E-state index contributed by atoms with van der Waals surface area (Å²) in [5.41, 5.74) is 0.984. The number of nitrogens with one attached hydrogen (secondary N) is 1. The van der Waals surface area contributed by atoms with Crippen LogP contribution >= 0.6 is 0 Å². The second-order valence-corrected chi connectivity index (χ2v) is 9.34. The Balaban J connectivity index is 1.31. The third kappa shape index (κ3) is 4.03. The Hall–Kier alpha value is -2.04. The molecule has 4 saturated carbocycles. The quantitative estimate of drug-likeness (QED) is 0.757. The van der Waals surface area contributed by atoms with Gasteiger partial charge in [-0.2, -0.15) is 0 Å². The van der Waals surface area contributed by atoms with Crippen LogP contribution in [-0.2, 0) is 14.3 Å². The third-order valence-corrected chi connectivity index (χ3v) is 6.72. The van der Waals surface area contributed by atoms with Crippen LogP contribution in [0.15, 0.2) is 24.3 Å². The van der Waals surface area contributed by atoms with Gasteiger partial charge in [0.2, 0.25) is 0 Å². The lowest BCUT2D eigenvalue weighted by Gasteiger charge is -2.57. The number of benzene rings is 1. The van der Waals surface area contributed by atoms with E-state index in [9.17, 15) is 9.59 Å². The molecule has 5 rings (SSSR count). The van der Waals surface area contributed by atoms with Crippen molar-refractivity contribution in [3.63, 3.8) is 0 Å². The highest BCUT2D eigenvalue weighted by molar-refractivity contribution is 5.85. The van der Waals surface area contributed by atoms with Gasteiger partial charge in [0.25, 0.3) is 5.91 Å². The smallest absolute Gasteiger partial charge is 0.347 e. The number of ether oxygens (including phenoxy) is 2. The highest BCUT2D eigenvalue weighted by atomic mass is 16.6. The van der Waals surface area contributed by atoms with E-state index in [1.807, 2.05) is 25.1 Å². The lowest BCUT2D eigenvalue weighted by Crippen LogP contribution is -2.61. The molecule has 0 saturated heterocycles. The fraction of sp³-hybridized carbons (Fsp3) is 0.652. The van der Waals surface area contributed by atoms with Crippen LogP contribution in [0.4, 0.5) is 0 Å². The molecule has 5 heteroatoms. The van der Waals surface area contributed by atoms with E-state index in [0.717, 1.165) is 42.6 Å². The molecule has 2 atom stereocenters. The maximum atomic E-state index is 12.8. The maximum absolute atomic E-state index is 12.8. The van der Waals surface area contributed by atoms with Gasteiger partial charge in [-0.1, -0.05) is 12.1 Å². The summed E-state index contributed by atoms with van der Waals surface area (Å²) in [6.45, 7) is 5.26. The van der Waals surface area contributed by atoms with Gasteiger partial charge in [0.15, 0.2) is 12.2 Å². The first-order valence-electron chi connectivity index (χ1n) is 10.6. The van der Waals surface area contributed by atoms with Gasteiger partial charge in [0.05, 0.1) is 0 Å². The predicted molar refractivity (Wildman–Crippen MR) is 106 cm³/mol. The number of carbonyl (C=O) groups is 2. The topological polar surface area (TPSA) is 64.6 Å². The molecule has 0 unspecified atom stereocenters. The molecular formula is C23H31NO4. The van der Waals surface area contributed by atoms with Gasteiger partial charge in [-0.3, -0.25) is 4.79 Å². The van der Waals surface area contributed by atoms with Gasteiger partial charge in [0.1, 0.15) is 5.75 Å². The number of rotatable bonds is 6. The average Bonchev–Trinajstić information content (AvgIpc) is 2.60. The molecule has 152 valence electrons. The summed E-state index contributed by atoms with van der Waals surface area (Å²) < 4.78 is 11.1. The standard InChI is InChI=1S/C23H31NO4/c1-14-5-4-6-20(7-14)27-16(3)22(26)28-15(2)21(25)24-23-11-17-8-18(12-23)10-19(9-17)13-23/h4-7,15-19H,8-13H2,1-3H3,(H,24,25)/t15-,16-,17?,18?,19?,23?/m1/s1. The van der Waals surface area contributed by atoms with Crippen molar-refractivity contribution in [2.45, 2.75) is 77.0 Å². The van der Waals surface area contributed by atoms with Crippen LogP contribution < -0.4 is 10.1 Å². The van der Waals surface area contributed by atoms with Crippen LogP contribution in [0.2, 0.25) is 0 Å². The minimum Gasteiger partial charge on any atom is -0.479 e. The van der Waals surface area contributed by atoms with Gasteiger partial charge in [-0.25, -0.2) is 4.79 Å². The Morgan fingerprint density at radius 2 is 1.64 bits per heavy atom. The molecule has 1 amide bonds. The zero-order chi connectivity index (χ0) is 19.9. The van der Waals surface area contributed by atoms with E-state index < -0.39 is 18.2 Å². The second-order valence-electron chi connectivity index (χ2n) is 9.34. The average molecular weight is 386 g/mol. The minimum atomic E-state index is -0.816. The lowest BCUT2D eigenvalue weighted by molar-refractivity contribution is -0.162. The first-order chi connectivity index (χ1) is 13.3. The first kappa shape index (κ1) is 19.3. The normalized spacial score (nSPS) is 32.5. The number of hydrogen-bond acceptors (Lipinski definition) is 4. The van der Waals surface area contributed by atoms with Gasteiger partial charge in [0, 0.05) is 5.54 Å². The van der Waals surface area contributed by atoms with Gasteiger partial charge < -0.3 is 14.8 Å². The van der Waals surface area contributed by atoms with Crippen LogP contribution in [0.1, 0.15) is 57.9 Å². The molecule has 4 bridgehead atoms. The van der Waals surface area contributed by atoms with Crippen LogP contribution in [0, 0.1) is 24.7 Å². The molecule has 0 aliphatic heterocycles. The van der Waals surface area contributed by atoms with Gasteiger partial charge >= 0.3 is 5.97 Å². The summed E-state index contributed by atoms with van der Waals surface area (Å²) in [7, 11) is 0. The predicted octanol–water partition coefficient (Wildman–Crippen LogP) is 3.78. The molecule has 1 aromatic rings. The molecule has 1 N–H and O–H groups in total. The molecule has 4 fully saturated rings. The number of esters is 1. The van der Waals surface area contributed by atoms with Crippen molar-refractivity contribution in [3.05, 3.63) is 29.8 Å². The number of amides is 1. The van der Waals surface area contributed by atoms with Crippen LogP contribution in [0.25, 0.3) is 0 Å². The zero-order valence-corrected chi connectivity index (χ0v) is 17.1. The molecular weight excluding hydrogens is 354 g/mol. The summed E-state index contributed by atoms with van der Waals surface area (Å²) in [6.07, 6.45) is 5.64. The van der Waals surface area contributed by atoms with Crippen molar-refractivity contribution < 1.29 is 19.1 Å². The Kier molecular flexibility index (Phi) is 5.11. The van der Waals surface area contributed by atoms with E-state index in [4.69, 9.17) is 9.47 Å². The molecule has 0 aromatic heterocycles. The van der Waals surface area contributed by atoms with Crippen LogP contribution in [-0.4, -0.2) is 29.6 Å². The van der Waals surface area contributed by atoms with E-state index in [1.165, 1.54) is 19.3 Å². The van der Waals surface area contributed by atoms with Crippen molar-refractivity contribution in [3.8, 4) is 5.75 Å². The monoisotopic (exact) mass is 385 g/mol. The summed E-state index contributed by atoms with van der Waals surface area (Å²) >= 11 is 0. The summed E-state index contributed by atoms with van der Waals surface area (Å²) in [4.78, 5) is 25.1. The molecule has 4 aliphatic rings. The van der Waals surface area contributed by atoms with Gasteiger partial charge in [-0.05, 0) is 94.7 Å². The summed E-state index contributed by atoms with van der Waals surface area (Å²) in [5.74, 6) is 2.19. The fourth-order valence-corrected chi connectivity index (χ4v) is 5.89. The third-order valence-electron chi connectivity index (χ3n) is 6.72. The van der Waals surface area contributed by atoms with Crippen molar-refractivity contribution in [2.75, 3.05) is 0 Å². The van der Waals surface area contributed by atoms with E-state index in [0.29, 0.717) is 5.75 Å². The van der Waals surface area contributed by atoms with Crippen LogP contribution in [0.5, 0.6) is 5.75 Å². The molecule has 28 heavy (non-hydrogen) atoms. The molecule has 0 heterocycles. The van der Waals surface area contributed by atoms with Crippen molar-refractivity contribution in [1.29, 1.82) is 0 Å². The zero-order valence-electron chi connectivity index (χ0n) is 17.1. The van der Waals surface area contributed by atoms with E-state index >= 15 is 0 Å². The first-order valence-corrected chi connectivity index (χ1v) is 10.6. The SMILES string of the molecule is Cc1cccc(O[C@H](C)C(=O)O[C@H](C)C(=O)NC23CC4CC(CC(C4)C2)C3)c1. The summed E-state index contributed by atoms with van der Waals surface area (Å²) in [6, 6.07) is 7.52. The molecule has 0 radical (unpaired) electrons. The second kappa shape index (κ2) is 7.41. The Morgan fingerprint density at radius 3 is 2.21 bits per heavy atom. The fourth-order valence-electron chi connectivity index (χ4n) is 5.89. The molecule has 4 aliphatic carbocycles. The summed E-state index contributed by atoms with van der Waals surface area (Å²) in [5, 5.41) is 3.27. The minimum absolute atomic E-state index is 0.0732. The van der Waals surface area contributed by atoms with E-state index in [1.54, 1.807) is 19.9 Å². The lowest BCUT2D eigenvalue weighted by atomic mass is 9.53. The Labute approximate surface area is 167 Å². The van der Waals surface area contributed by atoms with E-state index in [2.05, 4.69) is 5.32 Å². The van der Waals surface area contributed by atoms with E-state index in [-0.39, 0.29) is 11.4 Å².